The predicted octanol–water partition coefficient (Wildman–Crippen LogP) is 0.650. The van der Waals surface area contributed by atoms with Crippen molar-refractivity contribution < 1.29 is 20.0 Å². The van der Waals surface area contributed by atoms with Gasteiger partial charge < -0.3 is 20.5 Å². The van der Waals surface area contributed by atoms with Crippen LogP contribution in [0, 0.1) is 0 Å². The summed E-state index contributed by atoms with van der Waals surface area (Å²) >= 11 is 0. The van der Waals surface area contributed by atoms with Crippen LogP contribution in [0.15, 0.2) is 42.5 Å². The Morgan fingerprint density at radius 3 is 2.61 bits per heavy atom. The number of hydrogen-bond donors (Lipinski definition) is 2. The number of hydrogen-bond acceptors (Lipinski definition) is 3. The zero-order valence-corrected chi connectivity index (χ0v) is 13.2. The average Bonchev–Trinajstić information content (AvgIpc) is 2.54. The molecule has 0 saturated carbocycles. The van der Waals surface area contributed by atoms with E-state index in [1.807, 2.05) is 49.4 Å². The van der Waals surface area contributed by atoms with E-state index in [-0.39, 0.29) is 12.3 Å². The lowest BCUT2D eigenvalue weighted by Crippen LogP contribution is -2.93. The molecule has 0 fully saturated rings. The molecule has 2 aromatic rings. The van der Waals surface area contributed by atoms with Crippen LogP contribution in [0.5, 0.6) is 0 Å². The minimum Gasteiger partial charge on any atom is -0.544 e. The lowest BCUT2D eigenvalue weighted by molar-refractivity contribution is -0.682. The molecule has 0 radical (unpaired) electrons. The highest BCUT2D eigenvalue weighted by Crippen LogP contribution is 2.18. The van der Waals surface area contributed by atoms with Crippen LogP contribution >= 0.6 is 0 Å². The van der Waals surface area contributed by atoms with E-state index in [4.69, 9.17) is 0 Å². The van der Waals surface area contributed by atoms with Crippen molar-refractivity contribution in [3.05, 3.63) is 42.5 Å². The number of amides is 1. The van der Waals surface area contributed by atoms with Crippen LogP contribution in [0.3, 0.4) is 0 Å². The summed E-state index contributed by atoms with van der Waals surface area (Å²) in [7, 11) is 0. The summed E-state index contributed by atoms with van der Waals surface area (Å²) in [6.45, 7) is 2.71. The Morgan fingerprint density at radius 2 is 1.91 bits per heavy atom. The Morgan fingerprint density at radius 1 is 1.17 bits per heavy atom. The third-order valence-electron chi connectivity index (χ3n) is 3.75. The van der Waals surface area contributed by atoms with Crippen molar-refractivity contribution in [1.82, 2.24) is 0 Å². The van der Waals surface area contributed by atoms with Gasteiger partial charge >= 0.3 is 0 Å². The van der Waals surface area contributed by atoms with Gasteiger partial charge in [-0.05, 0) is 29.3 Å². The smallest absolute Gasteiger partial charge is 0.230 e. The summed E-state index contributed by atoms with van der Waals surface area (Å²) < 4.78 is 0. The summed E-state index contributed by atoms with van der Waals surface area (Å²) in [4.78, 5) is 23.2. The lowest BCUT2D eigenvalue weighted by atomic mass is 10.1. The van der Waals surface area contributed by atoms with Crippen molar-refractivity contribution in [2.24, 2.45) is 0 Å². The van der Waals surface area contributed by atoms with E-state index >= 15 is 0 Å². The van der Waals surface area contributed by atoms with Crippen LogP contribution in [-0.2, 0) is 9.59 Å². The minimum atomic E-state index is -1.20. The highest BCUT2D eigenvalue weighted by molar-refractivity contribution is 5.96. The Labute approximate surface area is 135 Å². The van der Waals surface area contributed by atoms with Gasteiger partial charge in [0.05, 0.1) is 18.9 Å². The van der Waals surface area contributed by atoms with Crippen molar-refractivity contribution in [2.45, 2.75) is 32.2 Å². The van der Waals surface area contributed by atoms with Crippen molar-refractivity contribution in [1.29, 1.82) is 0 Å². The minimum absolute atomic E-state index is 0.0983. The van der Waals surface area contributed by atoms with Gasteiger partial charge in [-0.15, -0.1) is 0 Å². The van der Waals surface area contributed by atoms with Gasteiger partial charge in [0, 0.05) is 5.69 Å². The number of carbonyl (C=O) groups is 2. The Balaban J connectivity index is 1.97. The largest absolute Gasteiger partial charge is 0.544 e. The zero-order chi connectivity index (χ0) is 16.7. The van der Waals surface area contributed by atoms with Gasteiger partial charge in [-0.2, -0.15) is 0 Å². The van der Waals surface area contributed by atoms with E-state index in [1.54, 1.807) is 5.32 Å². The van der Waals surface area contributed by atoms with Gasteiger partial charge in [0.15, 0.2) is 0 Å². The van der Waals surface area contributed by atoms with Gasteiger partial charge in [0.1, 0.15) is 6.04 Å². The van der Waals surface area contributed by atoms with E-state index < -0.39 is 12.0 Å². The number of rotatable bonds is 8. The molecule has 0 aliphatic carbocycles. The van der Waals surface area contributed by atoms with Crippen LogP contribution in [-0.4, -0.2) is 24.5 Å². The van der Waals surface area contributed by atoms with Crippen LogP contribution in [0.1, 0.15) is 26.2 Å². The topological polar surface area (TPSA) is 85.8 Å². The van der Waals surface area contributed by atoms with Crippen LogP contribution in [0.4, 0.5) is 5.69 Å². The van der Waals surface area contributed by atoms with E-state index in [9.17, 15) is 14.7 Å². The third-order valence-corrected chi connectivity index (χ3v) is 3.75. The fourth-order valence-electron chi connectivity index (χ4n) is 2.46. The monoisotopic (exact) mass is 314 g/mol. The number of nitrogens with one attached hydrogen (secondary N) is 1. The third kappa shape index (κ3) is 5.07. The SMILES string of the molecule is CCCC[NH2+][C@H](CC(=O)Nc1ccc2ccccc2c1)C(=O)[O-]. The summed E-state index contributed by atoms with van der Waals surface area (Å²) in [6.07, 6.45) is 1.80. The standard InChI is InChI=1S/C18H22N2O3/c1-2-3-10-19-16(18(22)23)12-17(21)20-15-9-8-13-6-4-5-7-14(13)11-15/h4-9,11,16,19H,2-3,10,12H2,1H3,(H,20,21)(H,22,23)/t16-/m1/s1. The Hall–Kier alpha value is -2.40. The number of fused-ring (bicyclic) bond motifs is 1. The number of carboxylic acids is 1. The fraction of sp³-hybridized carbons (Fsp3) is 0.333. The maximum atomic E-state index is 12.1. The number of carbonyl (C=O) groups excluding carboxylic acids is 2. The van der Waals surface area contributed by atoms with Crippen LogP contribution in [0.2, 0.25) is 0 Å². The lowest BCUT2D eigenvalue weighted by Gasteiger charge is -2.16. The first-order valence-corrected chi connectivity index (χ1v) is 7.93. The number of quaternary nitrogens is 1. The molecule has 0 spiro atoms. The van der Waals surface area contributed by atoms with E-state index in [0.717, 1.165) is 23.6 Å². The molecule has 2 rings (SSSR count). The summed E-state index contributed by atoms with van der Waals surface area (Å²) in [5, 5.41) is 17.7. The summed E-state index contributed by atoms with van der Waals surface area (Å²) in [5.74, 6) is -1.52. The van der Waals surface area contributed by atoms with Crippen LogP contribution in [0.25, 0.3) is 10.8 Å². The molecule has 5 nitrogen and oxygen atoms in total. The molecule has 3 N–H and O–H groups in total. The molecule has 2 aromatic carbocycles. The molecule has 0 aromatic heterocycles. The molecule has 0 aliphatic rings. The first-order chi connectivity index (χ1) is 11.1. The second-order valence-electron chi connectivity index (χ2n) is 5.62. The van der Waals surface area contributed by atoms with Crippen molar-refractivity contribution >= 4 is 28.3 Å². The van der Waals surface area contributed by atoms with Crippen LogP contribution < -0.4 is 15.7 Å². The average molecular weight is 314 g/mol. The van der Waals surface area contributed by atoms with E-state index in [2.05, 4.69) is 5.32 Å². The quantitative estimate of drug-likeness (QED) is 0.702. The number of nitrogens with two attached hydrogens (primary N) is 1. The van der Waals surface area contributed by atoms with Crippen molar-refractivity contribution in [3.8, 4) is 0 Å². The molecule has 0 aliphatic heterocycles. The molecule has 23 heavy (non-hydrogen) atoms. The normalized spacial score (nSPS) is 12.0. The maximum Gasteiger partial charge on any atom is 0.230 e. The molecule has 122 valence electrons. The van der Waals surface area contributed by atoms with Gasteiger partial charge in [-0.1, -0.05) is 43.7 Å². The first-order valence-electron chi connectivity index (χ1n) is 7.93. The number of aliphatic carboxylic acids is 1. The Bertz CT molecular complexity index is 685. The number of unbranched alkanes of at least 4 members (excludes halogenated alkanes) is 1. The fourth-order valence-corrected chi connectivity index (χ4v) is 2.46. The molecule has 0 heterocycles. The molecule has 0 saturated heterocycles. The molecule has 5 heteroatoms. The number of benzene rings is 2. The number of carboxylic acid groups (broad SMARTS) is 1. The first kappa shape index (κ1) is 17.0. The van der Waals surface area contributed by atoms with Gasteiger partial charge in [0.25, 0.3) is 0 Å². The molecule has 1 atom stereocenters. The maximum absolute atomic E-state index is 12.1. The highest BCUT2D eigenvalue weighted by Gasteiger charge is 2.18. The highest BCUT2D eigenvalue weighted by atomic mass is 16.4. The van der Waals surface area contributed by atoms with Gasteiger partial charge in [-0.25, -0.2) is 0 Å². The second-order valence-corrected chi connectivity index (χ2v) is 5.62. The Kier molecular flexibility index (Phi) is 6.11. The predicted molar refractivity (Wildman–Crippen MR) is 87.7 cm³/mol. The van der Waals surface area contributed by atoms with Gasteiger partial charge in [0.2, 0.25) is 5.91 Å². The van der Waals surface area contributed by atoms with E-state index in [0.29, 0.717) is 12.2 Å². The molecule has 1 amide bonds. The molecular formula is C18H22N2O3. The van der Waals surface area contributed by atoms with Crippen molar-refractivity contribution in [2.75, 3.05) is 11.9 Å². The molecule has 0 unspecified atom stereocenters. The summed E-state index contributed by atoms with van der Waals surface area (Å²) in [6, 6.07) is 12.6. The van der Waals surface area contributed by atoms with E-state index in [1.165, 1.54) is 0 Å². The molecule has 0 bridgehead atoms. The zero-order valence-electron chi connectivity index (χ0n) is 13.2. The number of anilines is 1. The summed E-state index contributed by atoms with van der Waals surface area (Å²) in [5.41, 5.74) is 0.666. The van der Waals surface area contributed by atoms with Crippen molar-refractivity contribution in [3.63, 3.8) is 0 Å². The molecular weight excluding hydrogens is 292 g/mol. The second kappa shape index (κ2) is 8.29. The van der Waals surface area contributed by atoms with Gasteiger partial charge in [-0.3, -0.25) is 4.79 Å².